The van der Waals surface area contributed by atoms with E-state index in [4.69, 9.17) is 23.2 Å². The Hall–Kier alpha value is -0.250. The van der Waals surface area contributed by atoms with E-state index in [0.717, 1.165) is 11.8 Å². The summed E-state index contributed by atoms with van der Waals surface area (Å²) < 4.78 is 0. The fourth-order valence-electron chi connectivity index (χ4n) is 1.22. The highest BCUT2D eigenvalue weighted by Gasteiger charge is 2.14. The van der Waals surface area contributed by atoms with Gasteiger partial charge in [-0.3, -0.25) is 4.79 Å². The fraction of sp³-hybridized carbons (Fsp3) is 0.364. The van der Waals surface area contributed by atoms with Gasteiger partial charge in [-0.1, -0.05) is 45.2 Å². The molecule has 88 valence electrons. The Labute approximate surface area is 113 Å². The number of halogens is 3. The average molecular weight is 325 g/mol. The Balaban J connectivity index is 2.77. The van der Waals surface area contributed by atoms with Gasteiger partial charge in [-0.2, -0.15) is 0 Å². The van der Waals surface area contributed by atoms with Crippen molar-refractivity contribution < 1.29 is 4.79 Å². The molecular weight excluding hydrogens is 313 g/mol. The lowest BCUT2D eigenvalue weighted by Gasteiger charge is -2.13. The van der Waals surface area contributed by atoms with E-state index in [1.54, 1.807) is 18.2 Å². The molecule has 1 aromatic carbocycles. The first-order valence-electron chi connectivity index (χ1n) is 4.87. The molecule has 16 heavy (non-hydrogen) atoms. The second kappa shape index (κ2) is 6.48. The van der Waals surface area contributed by atoms with Crippen LogP contribution < -0.4 is 5.32 Å². The largest absolute Gasteiger partial charge is 0.350 e. The summed E-state index contributed by atoms with van der Waals surface area (Å²) in [5, 5.41) is 4.39. The van der Waals surface area contributed by atoms with Crippen LogP contribution >= 0.6 is 39.1 Å². The molecule has 0 heterocycles. The number of carbonyl (C=O) groups excluding carboxylic acids is 1. The molecule has 1 N–H and O–H groups in total. The van der Waals surface area contributed by atoms with Crippen molar-refractivity contribution in [1.82, 2.24) is 5.32 Å². The molecule has 1 aromatic rings. The van der Waals surface area contributed by atoms with E-state index in [2.05, 4.69) is 21.2 Å². The van der Waals surface area contributed by atoms with Crippen molar-refractivity contribution in [1.29, 1.82) is 0 Å². The summed E-state index contributed by atoms with van der Waals surface area (Å²) in [6.07, 6.45) is 0.865. The first kappa shape index (κ1) is 13.8. The van der Waals surface area contributed by atoms with Crippen molar-refractivity contribution in [3.63, 3.8) is 0 Å². The Bertz CT molecular complexity index is 384. The minimum atomic E-state index is -0.194. The van der Waals surface area contributed by atoms with Crippen LogP contribution in [-0.2, 0) is 0 Å². The van der Waals surface area contributed by atoms with E-state index in [9.17, 15) is 4.79 Å². The van der Waals surface area contributed by atoms with Crippen LogP contribution in [0.2, 0.25) is 10.0 Å². The molecular formula is C11H12BrCl2NO. The Kier molecular flexibility index (Phi) is 5.59. The first-order valence-corrected chi connectivity index (χ1v) is 6.75. The summed E-state index contributed by atoms with van der Waals surface area (Å²) in [4.78, 5) is 11.8. The SMILES string of the molecule is CC(CCBr)NC(=O)c1cccc(Cl)c1Cl. The van der Waals surface area contributed by atoms with Crippen LogP contribution in [-0.4, -0.2) is 17.3 Å². The molecule has 0 aromatic heterocycles. The Morgan fingerprint density at radius 3 is 2.81 bits per heavy atom. The van der Waals surface area contributed by atoms with Crippen molar-refractivity contribution in [2.75, 3.05) is 5.33 Å². The molecule has 1 unspecified atom stereocenters. The molecule has 1 rings (SSSR count). The summed E-state index contributed by atoms with van der Waals surface area (Å²) in [7, 11) is 0. The van der Waals surface area contributed by atoms with Gasteiger partial charge in [-0.15, -0.1) is 0 Å². The molecule has 2 nitrogen and oxygen atoms in total. The van der Waals surface area contributed by atoms with Gasteiger partial charge < -0.3 is 5.32 Å². The lowest BCUT2D eigenvalue weighted by atomic mass is 10.2. The highest BCUT2D eigenvalue weighted by atomic mass is 79.9. The Morgan fingerprint density at radius 2 is 2.19 bits per heavy atom. The van der Waals surface area contributed by atoms with Gasteiger partial charge in [0.1, 0.15) is 0 Å². The van der Waals surface area contributed by atoms with Crippen LogP contribution in [0.1, 0.15) is 23.7 Å². The summed E-state index contributed by atoms with van der Waals surface area (Å²) in [5.74, 6) is -0.194. The predicted octanol–water partition coefficient (Wildman–Crippen LogP) is 3.90. The van der Waals surface area contributed by atoms with Gasteiger partial charge >= 0.3 is 0 Å². The van der Waals surface area contributed by atoms with E-state index in [1.807, 2.05) is 6.92 Å². The molecule has 0 aliphatic heterocycles. The van der Waals surface area contributed by atoms with Gasteiger partial charge in [0, 0.05) is 11.4 Å². The normalized spacial score (nSPS) is 12.2. The van der Waals surface area contributed by atoms with Crippen molar-refractivity contribution in [3.05, 3.63) is 33.8 Å². The zero-order chi connectivity index (χ0) is 12.1. The fourth-order valence-corrected chi connectivity index (χ4v) is 2.29. The predicted molar refractivity (Wildman–Crippen MR) is 71.8 cm³/mol. The van der Waals surface area contributed by atoms with Gasteiger partial charge in [-0.25, -0.2) is 0 Å². The van der Waals surface area contributed by atoms with E-state index >= 15 is 0 Å². The van der Waals surface area contributed by atoms with Crippen molar-refractivity contribution >= 4 is 45.0 Å². The zero-order valence-corrected chi connectivity index (χ0v) is 11.9. The minimum Gasteiger partial charge on any atom is -0.350 e. The highest BCUT2D eigenvalue weighted by Crippen LogP contribution is 2.25. The monoisotopic (exact) mass is 323 g/mol. The number of nitrogens with one attached hydrogen (secondary N) is 1. The van der Waals surface area contributed by atoms with Crippen LogP contribution in [0.4, 0.5) is 0 Å². The van der Waals surface area contributed by atoms with Crippen molar-refractivity contribution in [2.24, 2.45) is 0 Å². The molecule has 1 amide bonds. The molecule has 0 saturated carbocycles. The molecule has 5 heteroatoms. The molecule has 0 spiro atoms. The number of rotatable bonds is 4. The average Bonchev–Trinajstić information content (AvgIpc) is 2.22. The number of amides is 1. The zero-order valence-electron chi connectivity index (χ0n) is 8.77. The smallest absolute Gasteiger partial charge is 0.253 e. The maximum absolute atomic E-state index is 11.8. The third-order valence-corrected chi connectivity index (χ3v) is 3.39. The van der Waals surface area contributed by atoms with Gasteiger partial charge in [0.2, 0.25) is 0 Å². The minimum absolute atomic E-state index is 0.0990. The third kappa shape index (κ3) is 3.65. The summed E-state index contributed by atoms with van der Waals surface area (Å²) in [6, 6.07) is 5.12. The van der Waals surface area contributed by atoms with Gasteiger partial charge in [0.25, 0.3) is 5.91 Å². The van der Waals surface area contributed by atoms with Gasteiger partial charge in [-0.05, 0) is 25.5 Å². The van der Waals surface area contributed by atoms with E-state index in [1.165, 1.54) is 0 Å². The lowest BCUT2D eigenvalue weighted by molar-refractivity contribution is 0.0939. The number of hydrogen-bond donors (Lipinski definition) is 1. The quantitative estimate of drug-likeness (QED) is 0.836. The van der Waals surface area contributed by atoms with Crippen LogP contribution in [0.15, 0.2) is 18.2 Å². The highest BCUT2D eigenvalue weighted by molar-refractivity contribution is 9.09. The second-order valence-corrected chi connectivity index (χ2v) is 5.03. The van der Waals surface area contributed by atoms with Crippen LogP contribution in [0, 0.1) is 0 Å². The summed E-state index contributed by atoms with van der Waals surface area (Å²) in [5.41, 5.74) is 0.413. The van der Waals surface area contributed by atoms with E-state index < -0.39 is 0 Å². The topological polar surface area (TPSA) is 29.1 Å². The molecule has 0 bridgehead atoms. The third-order valence-electron chi connectivity index (χ3n) is 2.12. The van der Waals surface area contributed by atoms with Crippen LogP contribution in [0.5, 0.6) is 0 Å². The first-order chi connectivity index (χ1) is 7.56. The molecule has 0 saturated heterocycles. The maximum atomic E-state index is 11.8. The van der Waals surface area contributed by atoms with Gasteiger partial charge in [0.05, 0.1) is 15.6 Å². The molecule has 0 aliphatic rings. The molecule has 0 radical (unpaired) electrons. The molecule has 0 fully saturated rings. The standard InChI is InChI=1S/C11H12BrCl2NO/c1-7(5-6-12)15-11(16)8-3-2-4-9(13)10(8)14/h2-4,7H,5-6H2,1H3,(H,15,16). The van der Waals surface area contributed by atoms with E-state index in [-0.39, 0.29) is 11.9 Å². The number of carbonyl (C=O) groups is 1. The molecule has 0 aliphatic carbocycles. The molecule has 1 atom stereocenters. The van der Waals surface area contributed by atoms with Crippen molar-refractivity contribution in [3.8, 4) is 0 Å². The summed E-state index contributed by atoms with van der Waals surface area (Å²) in [6.45, 7) is 1.94. The Morgan fingerprint density at radius 1 is 1.50 bits per heavy atom. The second-order valence-electron chi connectivity index (χ2n) is 3.45. The maximum Gasteiger partial charge on any atom is 0.253 e. The number of benzene rings is 1. The van der Waals surface area contributed by atoms with E-state index in [0.29, 0.717) is 15.6 Å². The van der Waals surface area contributed by atoms with Crippen molar-refractivity contribution in [2.45, 2.75) is 19.4 Å². The van der Waals surface area contributed by atoms with Crippen LogP contribution in [0.25, 0.3) is 0 Å². The summed E-state index contributed by atoms with van der Waals surface area (Å²) >= 11 is 15.1. The lowest BCUT2D eigenvalue weighted by Crippen LogP contribution is -2.32. The number of alkyl halides is 1. The number of hydrogen-bond acceptors (Lipinski definition) is 1. The van der Waals surface area contributed by atoms with Gasteiger partial charge in [0.15, 0.2) is 0 Å². The van der Waals surface area contributed by atoms with Crippen LogP contribution in [0.3, 0.4) is 0 Å².